The standard InChI is InChI=1S/C14H24N2O4/c1-4-16(5-2)8-11-6-7-12(20-11)13(19)15-14(3,9-17)10-18/h6-7,17-18H,4-5,8-10H2,1-3H3,(H,15,19). The van der Waals surface area contributed by atoms with Crippen LogP contribution in [0.3, 0.4) is 0 Å². The van der Waals surface area contributed by atoms with Gasteiger partial charge in [-0.05, 0) is 32.1 Å². The van der Waals surface area contributed by atoms with Crippen LogP contribution < -0.4 is 5.32 Å². The fourth-order valence-corrected chi connectivity index (χ4v) is 1.72. The molecule has 1 amide bonds. The number of hydrogen-bond acceptors (Lipinski definition) is 5. The summed E-state index contributed by atoms with van der Waals surface area (Å²) in [5, 5.41) is 20.9. The molecule has 0 saturated heterocycles. The molecule has 0 bridgehead atoms. The zero-order chi connectivity index (χ0) is 15.2. The minimum absolute atomic E-state index is 0.181. The minimum atomic E-state index is -1.05. The first-order chi connectivity index (χ1) is 9.47. The zero-order valence-electron chi connectivity index (χ0n) is 12.3. The number of hydrogen-bond donors (Lipinski definition) is 3. The van der Waals surface area contributed by atoms with Gasteiger partial charge in [0.05, 0.1) is 25.3 Å². The molecule has 0 saturated carbocycles. The van der Waals surface area contributed by atoms with E-state index in [0.717, 1.165) is 13.1 Å². The van der Waals surface area contributed by atoms with Crippen LogP contribution >= 0.6 is 0 Å². The first kappa shape index (κ1) is 16.7. The second kappa shape index (κ2) is 7.42. The summed E-state index contributed by atoms with van der Waals surface area (Å²) in [5.74, 6) is 0.454. The van der Waals surface area contributed by atoms with Crippen LogP contribution in [0.5, 0.6) is 0 Å². The highest BCUT2D eigenvalue weighted by Crippen LogP contribution is 2.12. The molecule has 0 spiro atoms. The van der Waals surface area contributed by atoms with E-state index in [-0.39, 0.29) is 19.0 Å². The Morgan fingerprint density at radius 1 is 1.30 bits per heavy atom. The Bertz CT molecular complexity index is 423. The Labute approximate surface area is 119 Å². The molecular weight excluding hydrogens is 260 g/mol. The van der Waals surface area contributed by atoms with Crippen molar-refractivity contribution < 1.29 is 19.4 Å². The van der Waals surface area contributed by atoms with E-state index in [9.17, 15) is 4.79 Å². The molecule has 6 nitrogen and oxygen atoms in total. The summed E-state index contributed by atoms with van der Waals surface area (Å²) in [7, 11) is 0. The van der Waals surface area contributed by atoms with Crippen LogP contribution in [0.2, 0.25) is 0 Å². The van der Waals surface area contributed by atoms with Gasteiger partial charge >= 0.3 is 0 Å². The first-order valence-corrected chi connectivity index (χ1v) is 6.83. The van der Waals surface area contributed by atoms with Gasteiger partial charge in [-0.3, -0.25) is 9.69 Å². The van der Waals surface area contributed by atoms with E-state index < -0.39 is 11.4 Å². The molecule has 20 heavy (non-hydrogen) atoms. The molecule has 1 rings (SSSR count). The van der Waals surface area contributed by atoms with Crippen LogP contribution in [0, 0.1) is 0 Å². The smallest absolute Gasteiger partial charge is 0.287 e. The molecule has 0 aliphatic rings. The number of carbonyl (C=O) groups excluding carboxylic acids is 1. The predicted octanol–water partition coefficient (Wildman–Crippen LogP) is 0.595. The largest absolute Gasteiger partial charge is 0.455 e. The molecule has 0 unspecified atom stereocenters. The summed E-state index contributed by atoms with van der Waals surface area (Å²) in [6.07, 6.45) is 0. The van der Waals surface area contributed by atoms with E-state index >= 15 is 0 Å². The molecule has 1 aromatic heterocycles. The number of aliphatic hydroxyl groups is 2. The van der Waals surface area contributed by atoms with Crippen LogP contribution in [0.1, 0.15) is 37.1 Å². The van der Waals surface area contributed by atoms with Crippen molar-refractivity contribution >= 4 is 5.91 Å². The maximum Gasteiger partial charge on any atom is 0.287 e. The molecule has 0 aliphatic heterocycles. The molecule has 0 aliphatic carbocycles. The number of amides is 1. The Kier molecular flexibility index (Phi) is 6.19. The highest BCUT2D eigenvalue weighted by atomic mass is 16.4. The van der Waals surface area contributed by atoms with Gasteiger partial charge in [-0.15, -0.1) is 0 Å². The van der Waals surface area contributed by atoms with Crippen molar-refractivity contribution in [1.82, 2.24) is 10.2 Å². The Balaban J connectivity index is 2.69. The maximum atomic E-state index is 12.0. The zero-order valence-corrected chi connectivity index (χ0v) is 12.3. The molecule has 3 N–H and O–H groups in total. The van der Waals surface area contributed by atoms with Gasteiger partial charge in [0.2, 0.25) is 0 Å². The van der Waals surface area contributed by atoms with Gasteiger partial charge in [0.25, 0.3) is 5.91 Å². The van der Waals surface area contributed by atoms with E-state index in [0.29, 0.717) is 12.3 Å². The van der Waals surface area contributed by atoms with Crippen molar-refractivity contribution in [3.8, 4) is 0 Å². The van der Waals surface area contributed by atoms with Gasteiger partial charge in [-0.25, -0.2) is 0 Å². The van der Waals surface area contributed by atoms with E-state index in [4.69, 9.17) is 14.6 Å². The maximum absolute atomic E-state index is 12.0. The molecule has 1 heterocycles. The van der Waals surface area contributed by atoms with Crippen LogP contribution in [0.25, 0.3) is 0 Å². The lowest BCUT2D eigenvalue weighted by Crippen LogP contribution is -2.51. The van der Waals surface area contributed by atoms with E-state index in [1.807, 2.05) is 0 Å². The molecule has 0 aromatic carbocycles. The van der Waals surface area contributed by atoms with E-state index in [2.05, 4.69) is 24.1 Å². The van der Waals surface area contributed by atoms with Gasteiger partial charge in [0.15, 0.2) is 5.76 Å². The van der Waals surface area contributed by atoms with Gasteiger partial charge < -0.3 is 19.9 Å². The third-order valence-electron chi connectivity index (χ3n) is 3.27. The van der Waals surface area contributed by atoms with Crippen molar-refractivity contribution in [2.75, 3.05) is 26.3 Å². The minimum Gasteiger partial charge on any atom is -0.455 e. The Morgan fingerprint density at radius 2 is 1.90 bits per heavy atom. The highest BCUT2D eigenvalue weighted by molar-refractivity contribution is 5.92. The lowest BCUT2D eigenvalue weighted by atomic mass is 10.1. The fourth-order valence-electron chi connectivity index (χ4n) is 1.72. The number of nitrogens with one attached hydrogen (secondary N) is 1. The van der Waals surface area contributed by atoms with Gasteiger partial charge in [-0.2, -0.15) is 0 Å². The molecule has 1 aromatic rings. The fraction of sp³-hybridized carbons (Fsp3) is 0.643. The number of aliphatic hydroxyl groups excluding tert-OH is 2. The van der Waals surface area contributed by atoms with E-state index in [1.54, 1.807) is 19.1 Å². The van der Waals surface area contributed by atoms with Crippen LogP contribution in [0.15, 0.2) is 16.5 Å². The lowest BCUT2D eigenvalue weighted by molar-refractivity contribution is 0.0698. The Morgan fingerprint density at radius 3 is 2.40 bits per heavy atom. The molecule has 0 atom stereocenters. The Hall–Kier alpha value is -1.37. The normalized spacial score (nSPS) is 11.9. The van der Waals surface area contributed by atoms with Crippen molar-refractivity contribution in [1.29, 1.82) is 0 Å². The second-order valence-electron chi connectivity index (χ2n) is 5.06. The SMILES string of the molecule is CCN(CC)Cc1ccc(C(=O)NC(C)(CO)CO)o1. The number of nitrogens with zero attached hydrogens (tertiary/aromatic N) is 1. The molecule has 0 radical (unpaired) electrons. The summed E-state index contributed by atoms with van der Waals surface area (Å²) >= 11 is 0. The van der Waals surface area contributed by atoms with Crippen molar-refractivity contribution in [2.24, 2.45) is 0 Å². The first-order valence-electron chi connectivity index (χ1n) is 6.83. The summed E-state index contributed by atoms with van der Waals surface area (Å²) in [4.78, 5) is 14.1. The van der Waals surface area contributed by atoms with Crippen LogP contribution in [0.4, 0.5) is 0 Å². The molecule has 0 fully saturated rings. The van der Waals surface area contributed by atoms with Crippen molar-refractivity contribution in [2.45, 2.75) is 32.9 Å². The number of furan rings is 1. The summed E-state index contributed by atoms with van der Waals surface area (Å²) in [6, 6.07) is 3.37. The lowest BCUT2D eigenvalue weighted by Gasteiger charge is -2.25. The van der Waals surface area contributed by atoms with Crippen molar-refractivity contribution in [3.05, 3.63) is 23.7 Å². The monoisotopic (exact) mass is 284 g/mol. The number of rotatable bonds is 8. The average Bonchev–Trinajstić information content (AvgIpc) is 2.93. The number of carbonyl (C=O) groups is 1. The van der Waals surface area contributed by atoms with E-state index in [1.165, 1.54) is 0 Å². The average molecular weight is 284 g/mol. The van der Waals surface area contributed by atoms with Crippen molar-refractivity contribution in [3.63, 3.8) is 0 Å². The highest BCUT2D eigenvalue weighted by Gasteiger charge is 2.26. The molecule has 6 heteroatoms. The van der Waals surface area contributed by atoms with Gasteiger partial charge in [0, 0.05) is 0 Å². The topological polar surface area (TPSA) is 85.9 Å². The second-order valence-corrected chi connectivity index (χ2v) is 5.06. The summed E-state index contributed by atoms with van der Waals surface area (Å²) < 4.78 is 5.50. The molecular formula is C14H24N2O4. The van der Waals surface area contributed by atoms with Crippen LogP contribution in [-0.4, -0.2) is 52.9 Å². The summed E-state index contributed by atoms with van der Waals surface area (Å²) in [5.41, 5.74) is -1.05. The summed E-state index contributed by atoms with van der Waals surface area (Å²) in [6.45, 7) is 7.46. The van der Waals surface area contributed by atoms with Gasteiger partial charge in [-0.1, -0.05) is 13.8 Å². The third kappa shape index (κ3) is 4.33. The van der Waals surface area contributed by atoms with Gasteiger partial charge in [0.1, 0.15) is 5.76 Å². The third-order valence-corrected chi connectivity index (χ3v) is 3.27. The predicted molar refractivity (Wildman–Crippen MR) is 75.4 cm³/mol. The van der Waals surface area contributed by atoms with Crippen LogP contribution in [-0.2, 0) is 6.54 Å². The quantitative estimate of drug-likeness (QED) is 0.650. The molecule has 114 valence electrons.